The van der Waals surface area contributed by atoms with Crippen LogP contribution in [0.15, 0.2) is 42.5 Å². The quantitative estimate of drug-likeness (QED) is 0.658. The Labute approximate surface area is 110 Å². The molecule has 0 aliphatic rings. The van der Waals surface area contributed by atoms with E-state index in [2.05, 4.69) is 10.1 Å². The van der Waals surface area contributed by atoms with Gasteiger partial charge in [-0.3, -0.25) is 0 Å². The Hall–Kier alpha value is -2.56. The topological polar surface area (TPSA) is 64.3 Å². The summed E-state index contributed by atoms with van der Waals surface area (Å²) in [6.45, 7) is 0. The van der Waals surface area contributed by atoms with Gasteiger partial charge in [0.2, 0.25) is 0 Å². The maximum Gasteiger partial charge on any atom is 0.337 e. The Kier molecular flexibility index (Phi) is 3.66. The van der Waals surface area contributed by atoms with Gasteiger partial charge in [0.15, 0.2) is 0 Å². The van der Waals surface area contributed by atoms with E-state index in [9.17, 15) is 9.18 Å². The highest BCUT2D eigenvalue weighted by molar-refractivity contribution is 5.92. The van der Waals surface area contributed by atoms with Gasteiger partial charge in [0.05, 0.1) is 29.7 Å². The van der Waals surface area contributed by atoms with Crippen LogP contribution in [0.3, 0.4) is 0 Å². The van der Waals surface area contributed by atoms with Crippen molar-refractivity contribution in [1.29, 1.82) is 0 Å². The van der Waals surface area contributed by atoms with Gasteiger partial charge in [-0.05, 0) is 30.3 Å². The summed E-state index contributed by atoms with van der Waals surface area (Å²) in [6.07, 6.45) is 0. The molecule has 5 heteroatoms. The third-order valence-electron chi connectivity index (χ3n) is 2.62. The van der Waals surface area contributed by atoms with Gasteiger partial charge in [-0.1, -0.05) is 12.1 Å². The van der Waals surface area contributed by atoms with Crippen LogP contribution >= 0.6 is 0 Å². The van der Waals surface area contributed by atoms with E-state index in [1.54, 1.807) is 30.3 Å². The Bertz CT molecular complexity index is 614. The Morgan fingerprint density at radius 1 is 1.21 bits per heavy atom. The van der Waals surface area contributed by atoms with E-state index in [0.29, 0.717) is 22.6 Å². The highest BCUT2D eigenvalue weighted by atomic mass is 19.1. The number of carbonyl (C=O) groups is 1. The molecule has 0 saturated heterocycles. The summed E-state index contributed by atoms with van der Waals surface area (Å²) in [4.78, 5) is 11.3. The second-order valence-electron chi connectivity index (χ2n) is 3.90. The zero-order valence-electron chi connectivity index (χ0n) is 10.3. The SMILES string of the molecule is COC(=O)c1ccc(Nc2ccccc2F)c(N)c1. The molecule has 0 unspecified atom stereocenters. The Morgan fingerprint density at radius 3 is 2.58 bits per heavy atom. The van der Waals surface area contributed by atoms with E-state index >= 15 is 0 Å². The van der Waals surface area contributed by atoms with Crippen molar-refractivity contribution < 1.29 is 13.9 Å². The number of ether oxygens (including phenoxy) is 1. The smallest absolute Gasteiger partial charge is 0.337 e. The van der Waals surface area contributed by atoms with E-state index < -0.39 is 5.97 Å². The van der Waals surface area contributed by atoms with Crippen LogP contribution in [0.1, 0.15) is 10.4 Å². The number of carbonyl (C=O) groups excluding carboxylic acids is 1. The fourth-order valence-electron chi connectivity index (χ4n) is 1.63. The van der Waals surface area contributed by atoms with Crippen LogP contribution in [0.25, 0.3) is 0 Å². The normalized spacial score (nSPS) is 10.0. The fourth-order valence-corrected chi connectivity index (χ4v) is 1.63. The van der Waals surface area contributed by atoms with Crippen LogP contribution in [-0.4, -0.2) is 13.1 Å². The number of anilines is 3. The molecule has 0 fully saturated rings. The maximum atomic E-state index is 13.5. The van der Waals surface area contributed by atoms with Crippen molar-refractivity contribution in [2.45, 2.75) is 0 Å². The summed E-state index contributed by atoms with van der Waals surface area (Å²) in [5.74, 6) is -0.844. The number of benzene rings is 2. The zero-order valence-corrected chi connectivity index (χ0v) is 10.3. The van der Waals surface area contributed by atoms with E-state index in [0.717, 1.165) is 0 Å². The predicted molar refractivity (Wildman–Crippen MR) is 71.9 cm³/mol. The molecule has 0 radical (unpaired) electrons. The largest absolute Gasteiger partial charge is 0.465 e. The molecule has 0 amide bonds. The lowest BCUT2D eigenvalue weighted by Gasteiger charge is -2.11. The molecule has 3 N–H and O–H groups in total. The van der Waals surface area contributed by atoms with Gasteiger partial charge >= 0.3 is 5.97 Å². The molecule has 0 aliphatic heterocycles. The molecule has 4 nitrogen and oxygen atoms in total. The van der Waals surface area contributed by atoms with Gasteiger partial charge in [0.1, 0.15) is 5.82 Å². The number of halogens is 1. The lowest BCUT2D eigenvalue weighted by molar-refractivity contribution is 0.0601. The minimum Gasteiger partial charge on any atom is -0.465 e. The number of rotatable bonds is 3. The second kappa shape index (κ2) is 5.39. The molecule has 0 aliphatic carbocycles. The Morgan fingerprint density at radius 2 is 1.95 bits per heavy atom. The van der Waals surface area contributed by atoms with Crippen molar-refractivity contribution in [3.8, 4) is 0 Å². The van der Waals surface area contributed by atoms with Gasteiger partial charge < -0.3 is 15.8 Å². The van der Waals surface area contributed by atoms with Gasteiger partial charge in [-0.15, -0.1) is 0 Å². The number of para-hydroxylation sites is 1. The highest BCUT2D eigenvalue weighted by Gasteiger charge is 2.09. The first-order chi connectivity index (χ1) is 9.11. The summed E-state index contributed by atoms with van der Waals surface area (Å²) in [6, 6.07) is 10.9. The van der Waals surface area contributed by atoms with Gasteiger partial charge in [0, 0.05) is 0 Å². The van der Waals surface area contributed by atoms with Crippen molar-refractivity contribution in [2.75, 3.05) is 18.2 Å². The number of esters is 1. The highest BCUT2D eigenvalue weighted by Crippen LogP contribution is 2.25. The number of nitrogens with two attached hydrogens (primary N) is 1. The molecule has 0 saturated carbocycles. The first-order valence-corrected chi connectivity index (χ1v) is 5.61. The van der Waals surface area contributed by atoms with Crippen molar-refractivity contribution in [3.05, 3.63) is 53.8 Å². The van der Waals surface area contributed by atoms with Crippen molar-refractivity contribution in [3.63, 3.8) is 0 Å². The summed E-state index contributed by atoms with van der Waals surface area (Å²) in [7, 11) is 1.30. The van der Waals surface area contributed by atoms with Crippen LogP contribution in [0, 0.1) is 5.82 Å². The monoisotopic (exact) mass is 260 g/mol. The van der Waals surface area contributed by atoms with Crippen LogP contribution in [0.2, 0.25) is 0 Å². The van der Waals surface area contributed by atoms with Crippen molar-refractivity contribution >= 4 is 23.0 Å². The molecule has 19 heavy (non-hydrogen) atoms. The molecular formula is C14H13FN2O2. The third-order valence-corrected chi connectivity index (χ3v) is 2.62. The standard InChI is InChI=1S/C14H13FN2O2/c1-19-14(18)9-6-7-13(11(16)8-9)17-12-5-3-2-4-10(12)15/h2-8,17H,16H2,1H3. The first kappa shape index (κ1) is 12.9. The summed E-state index contributed by atoms with van der Waals surface area (Å²) in [5, 5.41) is 2.87. The summed E-state index contributed by atoms with van der Waals surface area (Å²) in [5.41, 5.74) is 7.35. The van der Waals surface area contributed by atoms with Gasteiger partial charge in [0.25, 0.3) is 0 Å². The number of methoxy groups -OCH3 is 1. The average molecular weight is 260 g/mol. The van der Waals surface area contributed by atoms with E-state index in [4.69, 9.17) is 5.73 Å². The first-order valence-electron chi connectivity index (χ1n) is 5.61. The number of hydrogen-bond donors (Lipinski definition) is 2. The molecular weight excluding hydrogens is 247 g/mol. The molecule has 0 spiro atoms. The number of hydrogen-bond acceptors (Lipinski definition) is 4. The summed E-state index contributed by atoms with van der Waals surface area (Å²) < 4.78 is 18.1. The van der Waals surface area contributed by atoms with Gasteiger partial charge in [-0.25, -0.2) is 9.18 Å². The van der Waals surface area contributed by atoms with E-state index in [1.165, 1.54) is 19.2 Å². The fraction of sp³-hybridized carbons (Fsp3) is 0.0714. The van der Waals surface area contributed by atoms with E-state index in [1.807, 2.05) is 0 Å². The maximum absolute atomic E-state index is 13.5. The lowest BCUT2D eigenvalue weighted by Crippen LogP contribution is -2.04. The molecule has 2 rings (SSSR count). The van der Waals surface area contributed by atoms with Crippen molar-refractivity contribution in [2.24, 2.45) is 0 Å². The average Bonchev–Trinajstić information content (AvgIpc) is 2.42. The molecule has 0 aromatic heterocycles. The zero-order chi connectivity index (χ0) is 13.8. The number of nitrogen functional groups attached to an aromatic ring is 1. The molecule has 2 aromatic carbocycles. The summed E-state index contributed by atoms with van der Waals surface area (Å²) >= 11 is 0. The lowest BCUT2D eigenvalue weighted by atomic mass is 10.1. The van der Waals surface area contributed by atoms with Crippen LogP contribution in [0.4, 0.5) is 21.5 Å². The predicted octanol–water partition coefficient (Wildman–Crippen LogP) is 2.94. The molecule has 0 bridgehead atoms. The van der Waals surface area contributed by atoms with Crippen molar-refractivity contribution in [1.82, 2.24) is 0 Å². The second-order valence-corrected chi connectivity index (χ2v) is 3.90. The number of nitrogens with one attached hydrogen (secondary N) is 1. The van der Waals surface area contributed by atoms with Crippen LogP contribution in [0.5, 0.6) is 0 Å². The molecule has 2 aromatic rings. The molecule has 0 heterocycles. The third kappa shape index (κ3) is 2.82. The minimum absolute atomic E-state index is 0.319. The van der Waals surface area contributed by atoms with E-state index in [-0.39, 0.29) is 5.82 Å². The minimum atomic E-state index is -0.468. The Balaban J connectivity index is 2.27. The van der Waals surface area contributed by atoms with Crippen LogP contribution < -0.4 is 11.1 Å². The van der Waals surface area contributed by atoms with Crippen LogP contribution in [-0.2, 0) is 4.74 Å². The molecule has 98 valence electrons. The molecule has 0 atom stereocenters. The van der Waals surface area contributed by atoms with Gasteiger partial charge in [-0.2, -0.15) is 0 Å².